The standard InChI is InChI=1S/C19H18N4S2/c20-10-5-11-21-18-17-14-8-4-9-15(14)25-19(17)23-16(22-18)12-24-13-6-2-1-3-7-13/h1-3,6-7H,4-5,8-9,11-12H2,(H,21,22,23). The highest BCUT2D eigenvalue weighted by Crippen LogP contribution is 2.39. The molecule has 0 atom stereocenters. The number of aromatic nitrogens is 2. The van der Waals surface area contributed by atoms with Crippen molar-refractivity contribution in [1.82, 2.24) is 9.97 Å². The molecule has 25 heavy (non-hydrogen) atoms. The molecule has 0 amide bonds. The van der Waals surface area contributed by atoms with Crippen molar-refractivity contribution in [3.8, 4) is 6.07 Å². The monoisotopic (exact) mass is 366 g/mol. The van der Waals surface area contributed by atoms with Crippen LogP contribution in [0.15, 0.2) is 35.2 Å². The first-order valence-electron chi connectivity index (χ1n) is 8.45. The molecule has 126 valence electrons. The molecule has 0 saturated carbocycles. The molecule has 1 N–H and O–H groups in total. The van der Waals surface area contributed by atoms with Gasteiger partial charge < -0.3 is 5.32 Å². The maximum absolute atomic E-state index is 8.81. The van der Waals surface area contributed by atoms with Gasteiger partial charge in [0.25, 0.3) is 0 Å². The molecule has 0 spiro atoms. The van der Waals surface area contributed by atoms with Crippen molar-refractivity contribution < 1.29 is 0 Å². The summed E-state index contributed by atoms with van der Waals surface area (Å²) in [6, 6.07) is 12.5. The average molecular weight is 367 g/mol. The van der Waals surface area contributed by atoms with Crippen LogP contribution in [0.1, 0.15) is 29.1 Å². The largest absolute Gasteiger partial charge is 0.368 e. The van der Waals surface area contributed by atoms with Gasteiger partial charge in [-0.25, -0.2) is 9.97 Å². The van der Waals surface area contributed by atoms with Crippen LogP contribution in [0, 0.1) is 11.3 Å². The summed E-state index contributed by atoms with van der Waals surface area (Å²) in [5, 5.41) is 13.4. The van der Waals surface area contributed by atoms with Gasteiger partial charge in [-0.3, -0.25) is 0 Å². The molecule has 0 saturated heterocycles. The van der Waals surface area contributed by atoms with Crippen LogP contribution in [0.4, 0.5) is 5.82 Å². The first-order chi connectivity index (χ1) is 12.3. The summed E-state index contributed by atoms with van der Waals surface area (Å²) < 4.78 is 0. The van der Waals surface area contributed by atoms with Crippen LogP contribution in [-0.4, -0.2) is 16.5 Å². The molecular weight excluding hydrogens is 348 g/mol. The van der Waals surface area contributed by atoms with E-state index in [1.165, 1.54) is 27.1 Å². The molecule has 1 aromatic carbocycles. The van der Waals surface area contributed by atoms with Crippen molar-refractivity contribution in [2.45, 2.75) is 36.3 Å². The van der Waals surface area contributed by atoms with Crippen molar-refractivity contribution >= 4 is 39.1 Å². The Morgan fingerprint density at radius 1 is 1.20 bits per heavy atom. The molecule has 6 heteroatoms. The Labute approximate surface area is 155 Å². The Morgan fingerprint density at radius 3 is 2.92 bits per heavy atom. The molecule has 4 nitrogen and oxygen atoms in total. The van der Waals surface area contributed by atoms with Crippen molar-refractivity contribution in [2.75, 3.05) is 11.9 Å². The van der Waals surface area contributed by atoms with Gasteiger partial charge in [0, 0.05) is 16.3 Å². The molecule has 0 radical (unpaired) electrons. The third-order valence-corrected chi connectivity index (χ3v) is 6.45. The predicted molar refractivity (Wildman–Crippen MR) is 104 cm³/mol. The number of hydrogen-bond donors (Lipinski definition) is 1. The summed E-state index contributed by atoms with van der Waals surface area (Å²) in [6.45, 7) is 0.624. The number of hydrogen-bond acceptors (Lipinski definition) is 6. The molecule has 3 aromatic rings. The van der Waals surface area contributed by atoms with Gasteiger partial charge in [0.2, 0.25) is 0 Å². The highest BCUT2D eigenvalue weighted by atomic mass is 32.2. The lowest BCUT2D eigenvalue weighted by atomic mass is 10.2. The SMILES string of the molecule is N#CCCNc1nc(CSc2ccccc2)nc2sc3c(c12)CCC3. The third-order valence-electron chi connectivity index (χ3n) is 4.25. The lowest BCUT2D eigenvalue weighted by Gasteiger charge is -2.09. The molecule has 2 aromatic heterocycles. The van der Waals surface area contributed by atoms with Crippen LogP contribution in [-0.2, 0) is 18.6 Å². The topological polar surface area (TPSA) is 61.6 Å². The minimum atomic E-state index is 0.478. The van der Waals surface area contributed by atoms with Gasteiger partial charge >= 0.3 is 0 Å². The van der Waals surface area contributed by atoms with Crippen LogP contribution in [0.2, 0.25) is 0 Å². The maximum Gasteiger partial charge on any atom is 0.142 e. The predicted octanol–water partition coefficient (Wildman–Crippen LogP) is 4.80. The molecule has 1 aliphatic carbocycles. The van der Waals surface area contributed by atoms with Gasteiger partial charge in [-0.05, 0) is 37.0 Å². The van der Waals surface area contributed by atoms with E-state index < -0.39 is 0 Å². The molecule has 2 heterocycles. The number of benzene rings is 1. The van der Waals surface area contributed by atoms with E-state index in [9.17, 15) is 0 Å². The Balaban J connectivity index is 1.65. The maximum atomic E-state index is 8.81. The molecule has 0 aliphatic heterocycles. The van der Waals surface area contributed by atoms with E-state index in [0.29, 0.717) is 13.0 Å². The highest BCUT2D eigenvalue weighted by molar-refractivity contribution is 7.98. The normalized spacial score (nSPS) is 12.9. The second kappa shape index (κ2) is 7.42. The minimum Gasteiger partial charge on any atom is -0.368 e. The van der Waals surface area contributed by atoms with Crippen LogP contribution < -0.4 is 5.32 Å². The zero-order chi connectivity index (χ0) is 17.1. The Kier molecular flexibility index (Phi) is 4.86. The molecule has 0 bridgehead atoms. The number of aryl methyl sites for hydroxylation is 2. The molecule has 0 unspecified atom stereocenters. The van der Waals surface area contributed by atoms with E-state index >= 15 is 0 Å². The number of fused-ring (bicyclic) bond motifs is 3. The zero-order valence-electron chi connectivity index (χ0n) is 13.8. The summed E-state index contributed by atoms with van der Waals surface area (Å²) >= 11 is 3.56. The van der Waals surface area contributed by atoms with Gasteiger partial charge in [-0.2, -0.15) is 5.26 Å². The second-order valence-electron chi connectivity index (χ2n) is 5.96. The minimum absolute atomic E-state index is 0.478. The number of nitrogens with one attached hydrogen (secondary N) is 1. The number of thiophene rings is 1. The summed E-state index contributed by atoms with van der Waals surface area (Å²) in [6.07, 6.45) is 3.97. The quantitative estimate of drug-likeness (QED) is 0.502. The molecule has 0 fully saturated rings. The van der Waals surface area contributed by atoms with E-state index in [0.717, 1.165) is 35.1 Å². The van der Waals surface area contributed by atoms with E-state index in [1.54, 1.807) is 11.8 Å². The van der Waals surface area contributed by atoms with Gasteiger partial charge in [0.1, 0.15) is 16.5 Å². The number of nitriles is 1. The lowest BCUT2D eigenvalue weighted by Crippen LogP contribution is -2.06. The number of anilines is 1. The van der Waals surface area contributed by atoms with Crippen LogP contribution in [0.3, 0.4) is 0 Å². The summed E-state index contributed by atoms with van der Waals surface area (Å²) in [5.74, 6) is 2.50. The van der Waals surface area contributed by atoms with Crippen molar-refractivity contribution in [2.24, 2.45) is 0 Å². The van der Waals surface area contributed by atoms with E-state index in [-0.39, 0.29) is 0 Å². The Bertz CT molecular complexity index is 928. The Hall–Kier alpha value is -2.10. The van der Waals surface area contributed by atoms with Crippen LogP contribution in [0.5, 0.6) is 0 Å². The third kappa shape index (κ3) is 3.48. The fraction of sp³-hybridized carbons (Fsp3) is 0.316. The van der Waals surface area contributed by atoms with Crippen LogP contribution in [0.25, 0.3) is 10.2 Å². The number of thioether (sulfide) groups is 1. The smallest absolute Gasteiger partial charge is 0.142 e. The van der Waals surface area contributed by atoms with E-state index in [2.05, 4.69) is 23.5 Å². The van der Waals surface area contributed by atoms with E-state index in [4.69, 9.17) is 15.2 Å². The van der Waals surface area contributed by atoms with Crippen LogP contribution >= 0.6 is 23.1 Å². The van der Waals surface area contributed by atoms with Crippen molar-refractivity contribution in [3.05, 3.63) is 46.6 Å². The van der Waals surface area contributed by atoms with Crippen molar-refractivity contribution in [3.63, 3.8) is 0 Å². The van der Waals surface area contributed by atoms with Gasteiger partial charge in [0.15, 0.2) is 0 Å². The first kappa shape index (κ1) is 16.4. The van der Waals surface area contributed by atoms with Gasteiger partial charge in [-0.1, -0.05) is 18.2 Å². The van der Waals surface area contributed by atoms with Gasteiger partial charge in [-0.15, -0.1) is 23.1 Å². The summed E-state index contributed by atoms with van der Waals surface area (Å²) in [4.78, 5) is 13.4. The van der Waals surface area contributed by atoms with Crippen molar-refractivity contribution in [1.29, 1.82) is 5.26 Å². The number of rotatable bonds is 6. The second-order valence-corrected chi connectivity index (χ2v) is 8.09. The fourth-order valence-corrected chi connectivity index (χ4v) is 5.19. The molecule has 1 aliphatic rings. The highest BCUT2D eigenvalue weighted by Gasteiger charge is 2.22. The molecule has 4 rings (SSSR count). The molecular formula is C19H18N4S2. The average Bonchev–Trinajstić information content (AvgIpc) is 3.21. The Morgan fingerprint density at radius 2 is 2.08 bits per heavy atom. The van der Waals surface area contributed by atoms with Gasteiger partial charge in [0.05, 0.1) is 23.6 Å². The number of nitrogens with zero attached hydrogens (tertiary/aromatic N) is 3. The lowest BCUT2D eigenvalue weighted by molar-refractivity contribution is 0.916. The summed E-state index contributed by atoms with van der Waals surface area (Å²) in [7, 11) is 0. The first-order valence-corrected chi connectivity index (χ1v) is 10.2. The van der Waals surface area contributed by atoms with E-state index in [1.807, 2.05) is 29.5 Å². The fourth-order valence-electron chi connectivity index (χ4n) is 3.13. The summed E-state index contributed by atoms with van der Waals surface area (Å²) in [5.41, 5.74) is 1.42. The zero-order valence-corrected chi connectivity index (χ0v) is 15.4.